The number of carbonyl (C=O) groups is 1. The molecule has 1 saturated heterocycles. The molecule has 1 saturated carbocycles. The Bertz CT molecular complexity index is 499. The van der Waals surface area contributed by atoms with E-state index in [9.17, 15) is 17.1 Å². The van der Waals surface area contributed by atoms with Gasteiger partial charge in [0.2, 0.25) is 0 Å². The van der Waals surface area contributed by atoms with E-state index in [0.29, 0.717) is 13.0 Å². The lowest BCUT2D eigenvalue weighted by Gasteiger charge is -2.28. The highest BCUT2D eigenvalue weighted by atomic mass is 32.3. The second-order valence-electron chi connectivity index (χ2n) is 7.00. The lowest BCUT2D eigenvalue weighted by molar-refractivity contribution is 0.0270. The summed E-state index contributed by atoms with van der Waals surface area (Å²) in [4.78, 5) is 13.6. The third kappa shape index (κ3) is 3.42. The average molecular weight is 307 g/mol. The van der Waals surface area contributed by atoms with Crippen molar-refractivity contribution in [2.75, 3.05) is 18.8 Å². The van der Waals surface area contributed by atoms with Gasteiger partial charge < -0.3 is 9.64 Å². The molecule has 0 radical (unpaired) electrons. The fraction of sp³-hybridized carbons (Fsp3) is 0.923. The molecule has 1 aliphatic heterocycles. The molecule has 0 bridgehead atoms. The highest BCUT2D eigenvalue weighted by molar-refractivity contribution is 7.86. The lowest BCUT2D eigenvalue weighted by atomic mass is 9.83. The predicted octanol–water partition coefficient (Wildman–Crippen LogP) is 2.32. The van der Waals surface area contributed by atoms with Gasteiger partial charge in [0.1, 0.15) is 5.60 Å². The summed E-state index contributed by atoms with van der Waals surface area (Å²) in [5.41, 5.74) is -1.21. The second kappa shape index (κ2) is 4.86. The third-order valence-corrected chi connectivity index (χ3v) is 5.07. The van der Waals surface area contributed by atoms with Crippen LogP contribution in [-0.2, 0) is 15.0 Å². The molecule has 2 rings (SSSR count). The first-order valence-electron chi connectivity index (χ1n) is 6.91. The summed E-state index contributed by atoms with van der Waals surface area (Å²) in [6.45, 7) is 6.08. The Hall–Kier alpha value is -0.850. The quantitative estimate of drug-likeness (QED) is 0.734. The van der Waals surface area contributed by atoms with Gasteiger partial charge in [0, 0.05) is 18.5 Å². The number of carbonyl (C=O) groups excluding carboxylic acids is 1. The van der Waals surface area contributed by atoms with Gasteiger partial charge >= 0.3 is 16.3 Å². The normalized spacial score (nSPS) is 30.4. The first kappa shape index (κ1) is 15.5. The lowest BCUT2D eigenvalue weighted by Crippen LogP contribution is -2.38. The van der Waals surface area contributed by atoms with Crippen molar-refractivity contribution in [1.29, 1.82) is 0 Å². The summed E-state index contributed by atoms with van der Waals surface area (Å²) in [5.74, 6) is -0.426. The van der Waals surface area contributed by atoms with E-state index in [0.717, 1.165) is 12.8 Å². The molecule has 0 aromatic rings. The van der Waals surface area contributed by atoms with Crippen molar-refractivity contribution in [3.05, 3.63) is 0 Å². The van der Waals surface area contributed by atoms with Gasteiger partial charge in [-0.2, -0.15) is 8.42 Å². The summed E-state index contributed by atoms with van der Waals surface area (Å²) in [6.07, 6.45) is 1.94. The molecule has 2 atom stereocenters. The van der Waals surface area contributed by atoms with Gasteiger partial charge in [0.05, 0.1) is 5.75 Å². The monoisotopic (exact) mass is 307 g/mol. The van der Waals surface area contributed by atoms with E-state index in [4.69, 9.17) is 4.74 Å². The third-order valence-electron chi connectivity index (χ3n) is 4.15. The fourth-order valence-electron chi connectivity index (χ4n) is 3.46. The first-order chi connectivity index (χ1) is 9.01. The molecule has 1 amide bonds. The molecule has 5 nitrogen and oxygen atoms in total. The molecular weight excluding hydrogens is 285 g/mol. The summed E-state index contributed by atoms with van der Waals surface area (Å²) < 4.78 is 40.5. The second-order valence-corrected chi connectivity index (χ2v) is 8.36. The van der Waals surface area contributed by atoms with Crippen LogP contribution in [0.15, 0.2) is 0 Å². The van der Waals surface area contributed by atoms with Crippen molar-refractivity contribution < 1.29 is 21.8 Å². The largest absolute Gasteiger partial charge is 0.444 e. The highest BCUT2D eigenvalue weighted by Crippen LogP contribution is 2.49. The zero-order chi connectivity index (χ0) is 15.2. The predicted molar refractivity (Wildman–Crippen MR) is 72.5 cm³/mol. The van der Waals surface area contributed by atoms with Gasteiger partial charge in [-0.3, -0.25) is 0 Å². The van der Waals surface area contributed by atoms with Crippen molar-refractivity contribution in [2.45, 2.75) is 45.6 Å². The molecule has 7 heteroatoms. The number of fused-ring (bicyclic) bond motifs is 1. The number of hydrogen-bond acceptors (Lipinski definition) is 4. The van der Waals surface area contributed by atoms with Crippen LogP contribution in [0.25, 0.3) is 0 Å². The number of amides is 1. The van der Waals surface area contributed by atoms with Crippen LogP contribution in [0.2, 0.25) is 0 Å². The first-order valence-corrected chi connectivity index (χ1v) is 8.46. The van der Waals surface area contributed by atoms with Gasteiger partial charge in [0.15, 0.2) is 0 Å². The molecule has 2 unspecified atom stereocenters. The smallest absolute Gasteiger partial charge is 0.410 e. The molecule has 1 heterocycles. The molecule has 0 N–H and O–H groups in total. The Balaban J connectivity index is 2.11. The van der Waals surface area contributed by atoms with Crippen molar-refractivity contribution in [3.63, 3.8) is 0 Å². The van der Waals surface area contributed by atoms with Crippen LogP contribution in [0.3, 0.4) is 0 Å². The topological polar surface area (TPSA) is 63.7 Å². The summed E-state index contributed by atoms with van der Waals surface area (Å²) >= 11 is 0. The Morgan fingerprint density at radius 3 is 2.65 bits per heavy atom. The maximum absolute atomic E-state index is 13.1. The Morgan fingerprint density at radius 1 is 1.45 bits per heavy atom. The number of nitrogens with zero attached hydrogens (tertiary/aromatic N) is 1. The maximum Gasteiger partial charge on any atom is 0.410 e. The molecule has 2 aliphatic rings. The molecule has 0 aromatic heterocycles. The van der Waals surface area contributed by atoms with Crippen molar-refractivity contribution in [2.24, 2.45) is 11.3 Å². The Labute approximate surface area is 119 Å². The van der Waals surface area contributed by atoms with E-state index in [1.807, 2.05) is 0 Å². The maximum atomic E-state index is 13.1. The zero-order valence-corrected chi connectivity index (χ0v) is 13.0. The summed E-state index contributed by atoms with van der Waals surface area (Å²) in [5, 5.41) is 0. The van der Waals surface area contributed by atoms with Crippen LogP contribution in [0.4, 0.5) is 8.68 Å². The minimum Gasteiger partial charge on any atom is -0.444 e. The Kier molecular flexibility index (Phi) is 3.77. The van der Waals surface area contributed by atoms with Crippen LogP contribution in [-0.4, -0.2) is 43.9 Å². The van der Waals surface area contributed by atoms with Gasteiger partial charge in [-0.05, 0) is 39.5 Å². The van der Waals surface area contributed by atoms with Crippen LogP contribution in [0, 0.1) is 11.3 Å². The minimum atomic E-state index is -4.53. The number of ether oxygens (including phenoxy) is 1. The molecule has 20 heavy (non-hydrogen) atoms. The zero-order valence-electron chi connectivity index (χ0n) is 12.2. The summed E-state index contributed by atoms with van der Waals surface area (Å²) in [6, 6.07) is 0. The van der Waals surface area contributed by atoms with Crippen LogP contribution >= 0.6 is 0 Å². The van der Waals surface area contributed by atoms with E-state index in [1.54, 1.807) is 20.8 Å². The molecule has 116 valence electrons. The van der Waals surface area contributed by atoms with Crippen LogP contribution < -0.4 is 0 Å². The number of halogens is 1. The Morgan fingerprint density at radius 2 is 2.10 bits per heavy atom. The highest BCUT2D eigenvalue weighted by Gasteiger charge is 2.53. The van der Waals surface area contributed by atoms with Crippen LogP contribution in [0.5, 0.6) is 0 Å². The number of rotatable bonds is 2. The number of hydrogen-bond donors (Lipinski definition) is 0. The SMILES string of the molecule is CC(C)(C)OC(=O)N1CC2CCCC2(CS(=O)(=O)F)C1. The van der Waals surface area contributed by atoms with E-state index >= 15 is 0 Å². The van der Waals surface area contributed by atoms with Crippen molar-refractivity contribution in [1.82, 2.24) is 4.90 Å². The van der Waals surface area contributed by atoms with Crippen molar-refractivity contribution >= 4 is 16.3 Å². The van der Waals surface area contributed by atoms with Gasteiger partial charge in [0.25, 0.3) is 0 Å². The van der Waals surface area contributed by atoms with E-state index in [1.165, 1.54) is 4.90 Å². The molecule has 0 aromatic carbocycles. The van der Waals surface area contributed by atoms with E-state index in [-0.39, 0.29) is 12.5 Å². The fourth-order valence-corrected chi connectivity index (χ4v) is 4.62. The minimum absolute atomic E-state index is 0.0561. The average Bonchev–Trinajstić information content (AvgIpc) is 2.67. The molecule has 0 spiro atoms. The summed E-state index contributed by atoms with van der Waals surface area (Å²) in [7, 11) is -4.53. The van der Waals surface area contributed by atoms with Crippen LogP contribution in [0.1, 0.15) is 40.0 Å². The standard InChI is InChI=1S/C13H22FNO4S/c1-12(2,3)19-11(16)15-7-10-5-4-6-13(10,8-15)9-20(14,17)18/h10H,4-9H2,1-3H3. The van der Waals surface area contributed by atoms with E-state index in [2.05, 4.69) is 0 Å². The van der Waals surface area contributed by atoms with Gasteiger partial charge in [-0.25, -0.2) is 4.79 Å². The van der Waals surface area contributed by atoms with Gasteiger partial charge in [-0.1, -0.05) is 6.42 Å². The molecule has 1 aliphatic carbocycles. The molecular formula is C13H22FNO4S. The number of likely N-dealkylation sites (tertiary alicyclic amines) is 1. The van der Waals surface area contributed by atoms with Crippen molar-refractivity contribution in [3.8, 4) is 0 Å². The molecule has 2 fully saturated rings. The van der Waals surface area contributed by atoms with Gasteiger partial charge in [-0.15, -0.1) is 3.89 Å². The van der Waals surface area contributed by atoms with E-state index < -0.39 is 33.1 Å².